The molecule has 0 saturated carbocycles. The number of carboxylic acids is 1. The molecule has 8 heteroatoms. The largest absolute Gasteiger partial charge is 0.481 e. The summed E-state index contributed by atoms with van der Waals surface area (Å²) in [4.78, 5) is 20.6. The average Bonchev–Trinajstić information content (AvgIpc) is 2.15. The molecule has 7 nitrogen and oxygen atoms in total. The molecule has 0 aliphatic rings. The normalized spacial score (nSPS) is 8.38. The summed E-state index contributed by atoms with van der Waals surface area (Å²) < 4.78 is 24.2. The van der Waals surface area contributed by atoms with E-state index in [0.717, 1.165) is 5.37 Å². The first-order valence-electron chi connectivity index (χ1n) is 4.33. The first-order valence-corrected chi connectivity index (χ1v) is 5.47. The maximum atomic E-state index is 10.6. The topological polar surface area (TPSA) is 118 Å². The molecule has 0 radical (unpaired) electrons. The second-order valence-corrected chi connectivity index (χ2v) is 3.17. The van der Waals surface area contributed by atoms with Gasteiger partial charge in [0.15, 0.2) is 0 Å². The van der Waals surface area contributed by atoms with Gasteiger partial charge in [-0.05, 0) is 6.92 Å². The van der Waals surface area contributed by atoms with E-state index in [2.05, 4.69) is 4.74 Å². The first kappa shape index (κ1) is 17.0. The molecular weight excluding hydrogens is 240 g/mol. The van der Waals surface area contributed by atoms with Gasteiger partial charge in [-0.25, -0.2) is 0 Å². The van der Waals surface area contributed by atoms with Gasteiger partial charge in [0.25, 0.3) is 0 Å². The molecule has 0 saturated heterocycles. The molecule has 0 atom stereocenters. The molecule has 0 bridgehead atoms. The fourth-order valence-electron chi connectivity index (χ4n) is 0.464. The highest BCUT2D eigenvalue weighted by molar-refractivity contribution is 7.71. The summed E-state index contributed by atoms with van der Waals surface area (Å²) in [6.07, 6.45) is -0.575. The van der Waals surface area contributed by atoms with Crippen molar-refractivity contribution in [3.63, 3.8) is 0 Å². The van der Waals surface area contributed by atoms with Crippen molar-refractivity contribution in [1.29, 1.82) is 0 Å². The van der Waals surface area contributed by atoms with E-state index in [-0.39, 0.29) is 26.1 Å². The van der Waals surface area contributed by atoms with Gasteiger partial charge in [0, 0.05) is 6.61 Å². The predicted molar refractivity (Wildman–Crippen MR) is 55.6 cm³/mol. The highest BCUT2D eigenvalue weighted by Crippen LogP contribution is 1.91. The monoisotopic (exact) mass is 254 g/mol. The lowest BCUT2D eigenvalue weighted by atomic mass is 10.3. The SMILES string of the molecule is CCO.O=C(O)CCC(=O)OCC=S(=O)=O. The zero-order chi connectivity index (χ0) is 13.0. The van der Waals surface area contributed by atoms with Crippen LogP contribution >= 0.6 is 0 Å². The van der Waals surface area contributed by atoms with Crippen molar-refractivity contribution < 1.29 is 33.0 Å². The van der Waals surface area contributed by atoms with Crippen LogP contribution in [0.25, 0.3) is 0 Å². The molecule has 0 fully saturated rings. The zero-order valence-corrected chi connectivity index (χ0v) is 9.57. The fourth-order valence-corrected chi connectivity index (χ4v) is 0.643. The Labute approximate surface area is 94.2 Å². The Morgan fingerprint density at radius 1 is 1.31 bits per heavy atom. The number of aliphatic hydroxyl groups is 1. The molecule has 0 spiro atoms. The third-order valence-corrected chi connectivity index (χ3v) is 1.40. The van der Waals surface area contributed by atoms with Crippen LogP contribution in [-0.2, 0) is 24.6 Å². The summed E-state index contributed by atoms with van der Waals surface area (Å²) in [6.45, 7) is 1.58. The lowest BCUT2D eigenvalue weighted by Gasteiger charge is -1.97. The highest BCUT2D eigenvalue weighted by Gasteiger charge is 2.05. The molecule has 0 unspecified atom stereocenters. The van der Waals surface area contributed by atoms with Crippen molar-refractivity contribution in [2.75, 3.05) is 13.2 Å². The van der Waals surface area contributed by atoms with E-state index in [1.807, 2.05) is 0 Å². The number of carbonyl (C=O) groups is 2. The van der Waals surface area contributed by atoms with Crippen LogP contribution in [-0.4, -0.2) is 49.2 Å². The van der Waals surface area contributed by atoms with Gasteiger partial charge >= 0.3 is 11.9 Å². The molecule has 0 aromatic carbocycles. The van der Waals surface area contributed by atoms with Crippen LogP contribution in [0.2, 0.25) is 0 Å². The van der Waals surface area contributed by atoms with Crippen molar-refractivity contribution in [1.82, 2.24) is 0 Å². The van der Waals surface area contributed by atoms with E-state index in [1.165, 1.54) is 0 Å². The van der Waals surface area contributed by atoms with Crippen molar-refractivity contribution in [2.24, 2.45) is 0 Å². The van der Waals surface area contributed by atoms with Gasteiger partial charge in [-0.2, -0.15) is 8.42 Å². The third kappa shape index (κ3) is 18.4. The van der Waals surface area contributed by atoms with Crippen LogP contribution in [0.3, 0.4) is 0 Å². The maximum Gasteiger partial charge on any atom is 0.306 e. The van der Waals surface area contributed by atoms with Gasteiger partial charge in [-0.15, -0.1) is 0 Å². The molecule has 0 aliphatic carbocycles. The minimum Gasteiger partial charge on any atom is -0.481 e. The Morgan fingerprint density at radius 3 is 2.19 bits per heavy atom. The fraction of sp³-hybridized carbons (Fsp3) is 0.625. The summed E-state index contributed by atoms with van der Waals surface area (Å²) in [5, 5.41) is 16.5. The molecule has 0 heterocycles. The number of aliphatic carboxylic acids is 1. The molecule has 2 N–H and O–H groups in total. The van der Waals surface area contributed by atoms with Crippen molar-refractivity contribution >= 4 is 27.6 Å². The molecule has 0 amide bonds. The Bertz CT molecular complexity index is 322. The van der Waals surface area contributed by atoms with Crippen LogP contribution in [0.1, 0.15) is 19.8 Å². The third-order valence-electron chi connectivity index (χ3n) is 0.991. The Kier molecular flexibility index (Phi) is 12.4. The molecule has 0 aromatic heterocycles. The average molecular weight is 254 g/mol. The Hall–Kier alpha value is -1.41. The molecule has 0 aromatic rings. The summed E-state index contributed by atoms with van der Waals surface area (Å²) >= 11 is 0. The molecule has 16 heavy (non-hydrogen) atoms. The second kappa shape index (κ2) is 11.7. The van der Waals surface area contributed by atoms with Gasteiger partial charge in [0.1, 0.15) is 6.61 Å². The predicted octanol–water partition coefficient (Wildman–Crippen LogP) is -0.926. The van der Waals surface area contributed by atoms with Crippen molar-refractivity contribution in [2.45, 2.75) is 19.8 Å². The lowest BCUT2D eigenvalue weighted by Crippen LogP contribution is -2.09. The Morgan fingerprint density at radius 2 is 1.81 bits per heavy atom. The number of carbonyl (C=O) groups excluding carboxylic acids is 1. The highest BCUT2D eigenvalue weighted by atomic mass is 32.2. The number of rotatable bonds is 5. The van der Waals surface area contributed by atoms with Gasteiger partial charge in [-0.3, -0.25) is 9.59 Å². The quantitative estimate of drug-likeness (QED) is 0.481. The minimum atomic E-state index is -2.36. The number of ether oxygens (including phenoxy) is 1. The molecule has 94 valence electrons. The van der Waals surface area contributed by atoms with E-state index in [0.29, 0.717) is 0 Å². The lowest BCUT2D eigenvalue weighted by molar-refractivity contribution is -0.146. The van der Waals surface area contributed by atoms with Crippen LogP contribution in [0.15, 0.2) is 0 Å². The van der Waals surface area contributed by atoms with Crippen LogP contribution in [0.4, 0.5) is 0 Å². The molecule has 0 rings (SSSR count). The van der Waals surface area contributed by atoms with E-state index < -0.39 is 22.2 Å². The smallest absolute Gasteiger partial charge is 0.306 e. The van der Waals surface area contributed by atoms with Gasteiger partial charge in [0.2, 0.25) is 10.3 Å². The number of hydrogen-bond donors (Lipinski definition) is 2. The van der Waals surface area contributed by atoms with E-state index in [4.69, 9.17) is 10.2 Å². The second-order valence-electron chi connectivity index (χ2n) is 2.32. The van der Waals surface area contributed by atoms with E-state index in [1.54, 1.807) is 6.92 Å². The van der Waals surface area contributed by atoms with Crippen molar-refractivity contribution in [3.05, 3.63) is 0 Å². The molecule has 0 aliphatic heterocycles. The minimum absolute atomic E-state index is 0.250. The van der Waals surface area contributed by atoms with Crippen molar-refractivity contribution in [3.8, 4) is 0 Å². The molecular formula is C8H14O7S. The standard InChI is InChI=1S/C6H8O6S.C2H6O/c7-5(8)1-2-6(9)12-3-4-13(10)11;1-2-3/h4H,1-3H2,(H,7,8);3H,2H2,1H3. The van der Waals surface area contributed by atoms with Gasteiger partial charge in [-0.1, -0.05) is 0 Å². The number of hydrogen-bond acceptors (Lipinski definition) is 6. The first-order chi connectivity index (χ1) is 7.43. The maximum absolute atomic E-state index is 10.6. The zero-order valence-electron chi connectivity index (χ0n) is 8.75. The summed E-state index contributed by atoms with van der Waals surface area (Å²) in [5.41, 5.74) is 0. The number of esters is 1. The van der Waals surface area contributed by atoms with Gasteiger partial charge in [0.05, 0.1) is 18.2 Å². The number of carboxylic acid groups (broad SMARTS) is 1. The Balaban J connectivity index is 0. The van der Waals surface area contributed by atoms with E-state index in [9.17, 15) is 18.0 Å². The summed E-state index contributed by atoms with van der Waals surface area (Å²) in [7, 11) is -2.36. The van der Waals surface area contributed by atoms with E-state index >= 15 is 0 Å². The van der Waals surface area contributed by atoms with Crippen LogP contribution < -0.4 is 0 Å². The number of aliphatic hydroxyl groups excluding tert-OH is 1. The summed E-state index contributed by atoms with van der Waals surface area (Å²) in [5.74, 6) is -1.84. The summed E-state index contributed by atoms with van der Waals surface area (Å²) in [6, 6.07) is 0. The van der Waals surface area contributed by atoms with Gasteiger partial charge < -0.3 is 14.9 Å². The van der Waals surface area contributed by atoms with Crippen LogP contribution in [0, 0.1) is 0 Å². The van der Waals surface area contributed by atoms with Crippen LogP contribution in [0.5, 0.6) is 0 Å².